The molecule has 0 radical (unpaired) electrons. The van der Waals surface area contributed by atoms with Gasteiger partial charge in [-0.1, -0.05) is 13.3 Å². The molecule has 0 amide bonds. The van der Waals surface area contributed by atoms with Gasteiger partial charge in [-0.25, -0.2) is 4.79 Å². The molecular weight excluding hydrogens is 326 g/mol. The number of hydrogen-bond acceptors (Lipinski definition) is 3. The predicted molar refractivity (Wildman–Crippen MR) is 105 cm³/mol. The molecule has 0 aliphatic carbocycles. The van der Waals surface area contributed by atoms with Gasteiger partial charge in [0, 0.05) is 24.9 Å². The Bertz CT molecular complexity index is 667. The molecule has 0 aliphatic heterocycles. The maximum atomic E-state index is 11.5. The lowest BCUT2D eigenvalue weighted by Crippen LogP contribution is -2.11. The molecule has 1 aromatic rings. The molecule has 0 saturated carbocycles. The topological polar surface area (TPSA) is 72.5 Å². The third-order valence-electron chi connectivity index (χ3n) is 4.41. The van der Waals surface area contributed by atoms with Crippen LogP contribution in [0.5, 0.6) is 5.75 Å². The van der Waals surface area contributed by atoms with Gasteiger partial charge in [0.15, 0.2) is 0 Å². The van der Waals surface area contributed by atoms with Crippen LogP contribution in [0.1, 0.15) is 79.3 Å². The fourth-order valence-corrected chi connectivity index (χ4v) is 2.92. The molecule has 4 nitrogen and oxygen atoms in total. The molecule has 1 unspecified atom stereocenters. The zero-order valence-electron chi connectivity index (χ0n) is 15.6. The summed E-state index contributed by atoms with van der Waals surface area (Å²) in [4.78, 5) is 11.5. The number of aromatic carboxylic acids is 1. The number of nitrogens with two attached hydrogens (primary N) is 1. The highest BCUT2D eigenvalue weighted by molar-refractivity contribution is 5.88. The van der Waals surface area contributed by atoms with E-state index in [1.54, 1.807) is 12.1 Å². The molecule has 0 fully saturated rings. The van der Waals surface area contributed by atoms with Crippen LogP contribution in [0.4, 0.5) is 0 Å². The van der Waals surface area contributed by atoms with Gasteiger partial charge < -0.3 is 15.6 Å². The molecule has 4 heteroatoms. The Balaban J connectivity index is 2.97. The minimum absolute atomic E-state index is 0.189. The van der Waals surface area contributed by atoms with Gasteiger partial charge in [0.25, 0.3) is 0 Å². The smallest absolute Gasteiger partial charge is 0.335 e. The molecule has 3 N–H and O–H groups in total. The maximum Gasteiger partial charge on any atom is 0.335 e. The molecule has 0 heterocycles. The van der Waals surface area contributed by atoms with Gasteiger partial charge in [0.2, 0.25) is 0 Å². The lowest BCUT2D eigenvalue weighted by molar-refractivity contribution is 0.0696. The van der Waals surface area contributed by atoms with Crippen LogP contribution in [0.2, 0.25) is 0 Å². The van der Waals surface area contributed by atoms with E-state index in [1.807, 2.05) is 0 Å². The molecule has 0 spiro atoms. The molecule has 140 valence electrons. The van der Waals surface area contributed by atoms with Crippen LogP contribution in [-0.2, 0) is 6.54 Å². The first kappa shape index (κ1) is 21.6. The van der Waals surface area contributed by atoms with Crippen LogP contribution in [-0.4, -0.2) is 17.7 Å². The summed E-state index contributed by atoms with van der Waals surface area (Å²) >= 11 is 0. The molecule has 26 heavy (non-hydrogen) atoms. The number of benzene rings is 1. The van der Waals surface area contributed by atoms with Crippen LogP contribution >= 0.6 is 0 Å². The van der Waals surface area contributed by atoms with Gasteiger partial charge in [0.05, 0.1) is 12.2 Å². The normalized spacial score (nSPS) is 11.4. The first-order valence-corrected chi connectivity index (χ1v) is 9.15. The Kier molecular flexibility index (Phi) is 9.98. The van der Waals surface area contributed by atoms with Gasteiger partial charge in [0.1, 0.15) is 5.75 Å². The van der Waals surface area contributed by atoms with Crippen molar-refractivity contribution in [3.8, 4) is 30.4 Å². The summed E-state index contributed by atoms with van der Waals surface area (Å²) in [6, 6.07) is 3.29. The summed E-state index contributed by atoms with van der Waals surface area (Å²) in [7, 11) is 0. The molecule has 0 aromatic heterocycles. The lowest BCUT2D eigenvalue weighted by atomic mass is 9.89. The van der Waals surface area contributed by atoms with E-state index in [2.05, 4.69) is 18.8 Å². The number of hydrogen-bond donors (Lipinski definition) is 2. The van der Waals surface area contributed by atoms with Crippen molar-refractivity contribution in [1.82, 2.24) is 0 Å². The number of ether oxygens (including phenoxy) is 1. The van der Waals surface area contributed by atoms with Crippen molar-refractivity contribution < 1.29 is 14.6 Å². The first-order chi connectivity index (χ1) is 12.5. The van der Waals surface area contributed by atoms with Crippen molar-refractivity contribution in [2.75, 3.05) is 6.61 Å². The Morgan fingerprint density at radius 2 is 1.85 bits per heavy atom. The highest BCUT2D eigenvalue weighted by atomic mass is 16.5. The van der Waals surface area contributed by atoms with Crippen molar-refractivity contribution in [2.45, 2.75) is 64.3 Å². The average molecular weight is 355 g/mol. The zero-order valence-corrected chi connectivity index (χ0v) is 15.6. The quantitative estimate of drug-likeness (QED) is 0.432. The van der Waals surface area contributed by atoms with Crippen molar-refractivity contribution in [3.63, 3.8) is 0 Å². The van der Waals surface area contributed by atoms with Crippen LogP contribution in [0.3, 0.4) is 0 Å². The molecule has 0 saturated heterocycles. The molecule has 0 aliphatic rings. The number of unbranched alkanes of at least 4 members (excludes halogenated alkanes) is 4. The number of carboxylic acid groups (broad SMARTS) is 1. The Labute approximate surface area is 157 Å². The minimum atomic E-state index is -0.966. The number of carboxylic acids is 1. The van der Waals surface area contributed by atoms with Gasteiger partial charge in [-0.3, -0.25) is 0 Å². The molecule has 1 atom stereocenters. The van der Waals surface area contributed by atoms with E-state index in [0.717, 1.165) is 49.7 Å². The predicted octanol–water partition coefficient (Wildman–Crippen LogP) is 4.32. The monoisotopic (exact) mass is 355 g/mol. The Hall–Kier alpha value is -2.43. The van der Waals surface area contributed by atoms with Crippen molar-refractivity contribution >= 4 is 5.97 Å². The lowest BCUT2D eigenvalue weighted by Gasteiger charge is -2.20. The second kappa shape index (κ2) is 12.0. The Morgan fingerprint density at radius 1 is 1.19 bits per heavy atom. The van der Waals surface area contributed by atoms with E-state index in [-0.39, 0.29) is 11.5 Å². The van der Waals surface area contributed by atoms with Crippen LogP contribution in [0.25, 0.3) is 0 Å². The van der Waals surface area contributed by atoms with Gasteiger partial charge >= 0.3 is 5.97 Å². The summed E-state index contributed by atoms with van der Waals surface area (Å²) in [5.74, 6) is 5.04. The van der Waals surface area contributed by atoms with E-state index < -0.39 is 5.97 Å². The molecule has 1 aromatic carbocycles. The summed E-state index contributed by atoms with van der Waals surface area (Å²) < 4.78 is 5.86. The summed E-state index contributed by atoms with van der Waals surface area (Å²) in [6.45, 7) is 2.89. The van der Waals surface area contributed by atoms with Crippen LogP contribution in [0, 0.1) is 24.7 Å². The average Bonchev–Trinajstić information content (AvgIpc) is 2.64. The molecular formula is C22H29NO3. The van der Waals surface area contributed by atoms with Crippen LogP contribution < -0.4 is 10.5 Å². The number of rotatable bonds is 12. The highest BCUT2D eigenvalue weighted by Crippen LogP contribution is 2.32. The van der Waals surface area contributed by atoms with Crippen molar-refractivity contribution in [1.29, 1.82) is 0 Å². The second-order valence-corrected chi connectivity index (χ2v) is 6.41. The first-order valence-electron chi connectivity index (χ1n) is 9.15. The highest BCUT2D eigenvalue weighted by Gasteiger charge is 2.18. The fourth-order valence-electron chi connectivity index (χ4n) is 2.92. The summed E-state index contributed by atoms with van der Waals surface area (Å²) in [5, 5.41) is 9.44. The fraction of sp³-hybridized carbons (Fsp3) is 0.500. The van der Waals surface area contributed by atoms with Gasteiger partial charge in [-0.2, -0.15) is 0 Å². The largest absolute Gasteiger partial charge is 0.493 e. The van der Waals surface area contributed by atoms with Gasteiger partial charge in [-0.15, -0.1) is 24.7 Å². The van der Waals surface area contributed by atoms with E-state index in [0.29, 0.717) is 25.3 Å². The van der Waals surface area contributed by atoms with Crippen molar-refractivity contribution in [3.05, 3.63) is 28.8 Å². The molecule has 1 rings (SSSR count). The summed E-state index contributed by atoms with van der Waals surface area (Å²) in [6.07, 6.45) is 16.6. The Morgan fingerprint density at radius 3 is 2.42 bits per heavy atom. The van der Waals surface area contributed by atoms with E-state index in [9.17, 15) is 9.90 Å². The number of carbonyl (C=O) groups is 1. The van der Waals surface area contributed by atoms with E-state index in [4.69, 9.17) is 23.3 Å². The number of terminal acetylenes is 2. The van der Waals surface area contributed by atoms with Crippen molar-refractivity contribution in [2.24, 2.45) is 5.73 Å². The van der Waals surface area contributed by atoms with Crippen LogP contribution in [0.15, 0.2) is 12.1 Å². The zero-order chi connectivity index (χ0) is 19.4. The maximum absolute atomic E-state index is 11.5. The van der Waals surface area contributed by atoms with E-state index in [1.165, 1.54) is 0 Å². The molecule has 0 bridgehead atoms. The minimum Gasteiger partial charge on any atom is -0.493 e. The van der Waals surface area contributed by atoms with E-state index >= 15 is 0 Å². The third-order valence-corrected chi connectivity index (χ3v) is 4.41. The second-order valence-electron chi connectivity index (χ2n) is 6.41. The summed E-state index contributed by atoms with van der Waals surface area (Å²) in [5.41, 5.74) is 8.03. The SMILES string of the molecule is C#CCCCCOc1cc(C(=O)O)cc(C(C)CCCCC#C)c1CN. The van der Waals surface area contributed by atoms with Gasteiger partial charge in [-0.05, 0) is 49.3 Å². The third kappa shape index (κ3) is 6.82. The standard InChI is InChI=1S/C22H29NO3/c1-4-6-8-10-12-17(3)19-14-18(22(24)25)15-21(20(19)16-23)26-13-11-9-7-5-2/h1-2,14-15,17H,6-13,16,23H2,3H3,(H,24,25).